The molecule has 300 valence electrons. The summed E-state index contributed by atoms with van der Waals surface area (Å²) in [6, 6.07) is 79.6. The molecule has 0 aromatic heterocycles. The highest BCUT2D eigenvalue weighted by molar-refractivity contribution is 6.15. The summed E-state index contributed by atoms with van der Waals surface area (Å²) in [7, 11) is 0. The first-order valence-corrected chi connectivity index (χ1v) is 22.0. The van der Waals surface area contributed by atoms with Crippen molar-refractivity contribution in [2.24, 2.45) is 0 Å². The van der Waals surface area contributed by atoms with E-state index in [-0.39, 0.29) is 5.41 Å². The van der Waals surface area contributed by atoms with E-state index in [0.29, 0.717) is 5.71 Å². The minimum Gasteiger partial charge on any atom is -0.300 e. The van der Waals surface area contributed by atoms with Crippen molar-refractivity contribution in [1.29, 1.82) is 5.41 Å². The number of fused-ring (bicyclic) bond motifs is 9. The van der Waals surface area contributed by atoms with Gasteiger partial charge in [-0.3, -0.25) is 0 Å². The van der Waals surface area contributed by atoms with E-state index in [1.54, 1.807) is 0 Å². The molecule has 1 spiro atoms. The number of nitrogens with one attached hydrogen (secondary N) is 1. The van der Waals surface area contributed by atoms with Crippen molar-refractivity contribution in [1.82, 2.24) is 0 Å². The van der Waals surface area contributed by atoms with E-state index in [0.717, 1.165) is 33.4 Å². The van der Waals surface area contributed by atoms with E-state index in [2.05, 4.69) is 233 Å². The lowest BCUT2D eigenvalue weighted by Gasteiger charge is -2.46. The van der Waals surface area contributed by atoms with Crippen LogP contribution in [0.15, 0.2) is 224 Å². The fourth-order valence-electron chi connectivity index (χ4n) is 10.7. The molecule has 11 rings (SSSR count). The summed E-state index contributed by atoms with van der Waals surface area (Å²) in [5.41, 5.74) is 22.5. The molecule has 9 aromatic rings. The van der Waals surface area contributed by atoms with Crippen LogP contribution in [0.2, 0.25) is 0 Å². The fraction of sp³-hybridized carbons (Fsp3) is 0.0806. The van der Waals surface area contributed by atoms with Gasteiger partial charge in [-0.1, -0.05) is 208 Å². The molecule has 9 aromatic carbocycles. The molecule has 0 aliphatic heterocycles. The lowest BCUT2D eigenvalue weighted by molar-refractivity contribution is 0.563. The second-order valence-electron chi connectivity index (χ2n) is 17.7. The van der Waals surface area contributed by atoms with Crippen LogP contribution in [0.1, 0.15) is 65.3 Å². The van der Waals surface area contributed by atoms with E-state index in [1.165, 1.54) is 72.3 Å². The normalized spacial score (nSPS) is 14.0. The van der Waals surface area contributed by atoms with Crippen molar-refractivity contribution in [3.63, 3.8) is 0 Å². The van der Waals surface area contributed by atoms with Crippen molar-refractivity contribution < 1.29 is 0 Å². The summed E-state index contributed by atoms with van der Waals surface area (Å²) in [6.45, 7) is 6.84. The van der Waals surface area contributed by atoms with Crippen LogP contribution in [0.3, 0.4) is 0 Å². The van der Waals surface area contributed by atoms with Crippen LogP contribution in [0, 0.1) is 5.41 Å². The summed E-state index contributed by atoms with van der Waals surface area (Å²) < 4.78 is 0. The Hall–Kier alpha value is -7.61. The molecule has 0 heterocycles. The number of hydrogen-bond donors (Lipinski definition) is 1. The van der Waals surface area contributed by atoms with E-state index in [1.807, 2.05) is 12.1 Å². The summed E-state index contributed by atoms with van der Waals surface area (Å²) in [6.07, 6.45) is 2.04. The molecule has 0 saturated heterocycles. The highest BCUT2D eigenvalue weighted by Gasteiger charge is 2.53. The summed E-state index contributed by atoms with van der Waals surface area (Å²) in [4.78, 5) is 0. The second-order valence-corrected chi connectivity index (χ2v) is 17.7. The van der Waals surface area contributed by atoms with Crippen molar-refractivity contribution in [3.05, 3.63) is 269 Å². The first kappa shape index (κ1) is 38.3. The summed E-state index contributed by atoms with van der Waals surface area (Å²) in [5.74, 6) is 0. The van der Waals surface area contributed by atoms with Gasteiger partial charge in [-0.15, -0.1) is 0 Å². The van der Waals surface area contributed by atoms with Crippen molar-refractivity contribution in [2.75, 3.05) is 0 Å². The number of allylic oxidation sites excluding steroid dienone is 2. The monoisotopic (exact) mass is 805 g/mol. The molecule has 0 bridgehead atoms. The lowest BCUT2D eigenvalue weighted by Crippen LogP contribution is -2.40. The average Bonchev–Trinajstić information content (AvgIpc) is 3.64. The van der Waals surface area contributed by atoms with Gasteiger partial charge in [-0.2, -0.15) is 0 Å². The Morgan fingerprint density at radius 3 is 1.35 bits per heavy atom. The quantitative estimate of drug-likeness (QED) is 0.155. The van der Waals surface area contributed by atoms with Crippen LogP contribution in [0.5, 0.6) is 0 Å². The molecule has 2 aliphatic carbocycles. The molecule has 2 aliphatic rings. The Labute approximate surface area is 371 Å². The zero-order chi connectivity index (χ0) is 42.7. The van der Waals surface area contributed by atoms with Gasteiger partial charge in [-0.25, -0.2) is 0 Å². The largest absolute Gasteiger partial charge is 0.300 e. The van der Waals surface area contributed by atoms with Gasteiger partial charge in [0.15, 0.2) is 0 Å². The van der Waals surface area contributed by atoms with E-state index < -0.39 is 5.41 Å². The van der Waals surface area contributed by atoms with Crippen LogP contribution in [-0.4, -0.2) is 5.71 Å². The fourth-order valence-corrected chi connectivity index (χ4v) is 10.7. The first-order valence-electron chi connectivity index (χ1n) is 22.0. The topological polar surface area (TPSA) is 23.9 Å². The lowest BCUT2D eigenvalue weighted by atomic mass is 9.55. The number of rotatable bonds is 7. The van der Waals surface area contributed by atoms with Gasteiger partial charge < -0.3 is 5.41 Å². The molecular formula is C62H47N. The van der Waals surface area contributed by atoms with Gasteiger partial charge in [0.25, 0.3) is 0 Å². The molecule has 0 fully saturated rings. The average molecular weight is 806 g/mol. The van der Waals surface area contributed by atoms with Gasteiger partial charge in [-0.05, 0) is 137 Å². The van der Waals surface area contributed by atoms with Gasteiger partial charge in [0, 0.05) is 11.0 Å². The van der Waals surface area contributed by atoms with Crippen LogP contribution < -0.4 is 0 Å². The van der Waals surface area contributed by atoms with Gasteiger partial charge in [0.1, 0.15) is 0 Å². The zero-order valence-electron chi connectivity index (χ0n) is 35.9. The van der Waals surface area contributed by atoms with Crippen LogP contribution in [-0.2, 0) is 10.8 Å². The van der Waals surface area contributed by atoms with Crippen LogP contribution in [0.4, 0.5) is 0 Å². The highest BCUT2D eigenvalue weighted by Crippen LogP contribution is 2.63. The minimum atomic E-state index is -0.551. The standard InChI is InChI=1S/C62H47N/c1-41(42-18-7-4-8-19-42)36-59(63)51-24-17-29-58-60(51)52-40-47(34-35-53(52)62(58)56-27-15-13-25-54(56)61(2,3)55-26-14-16-28-57(55)62)45-30-32-46(33-31-45)50-38-48(43-20-9-5-10-21-43)37-49(39-50)44-22-11-6-12-23-44/h4-40,63H,1-3H3. The molecule has 0 unspecified atom stereocenters. The third-order valence-electron chi connectivity index (χ3n) is 13.7. The maximum atomic E-state index is 9.76. The van der Waals surface area contributed by atoms with E-state index >= 15 is 0 Å². The number of hydrogen-bond acceptors (Lipinski definition) is 1. The SMILES string of the molecule is CC(=CC(=N)c1cccc2c1-c1cc(-c3ccc(-c4cc(-c5ccccc5)cc(-c5ccccc5)c4)cc3)ccc1C21c2ccccc2C(C)(C)c2ccccc21)c1ccccc1. The van der Waals surface area contributed by atoms with Crippen molar-refractivity contribution in [2.45, 2.75) is 31.6 Å². The third kappa shape index (κ3) is 6.18. The van der Waals surface area contributed by atoms with Crippen LogP contribution >= 0.6 is 0 Å². The molecule has 1 nitrogen and oxygen atoms in total. The second kappa shape index (κ2) is 15.1. The molecule has 1 heteroatoms. The molecule has 1 N–H and O–H groups in total. The Morgan fingerprint density at radius 1 is 0.381 bits per heavy atom. The van der Waals surface area contributed by atoms with E-state index in [4.69, 9.17) is 0 Å². The third-order valence-corrected chi connectivity index (χ3v) is 13.7. The highest BCUT2D eigenvalue weighted by atomic mass is 14.6. The maximum absolute atomic E-state index is 9.76. The van der Waals surface area contributed by atoms with Gasteiger partial charge in [0.05, 0.1) is 11.1 Å². The van der Waals surface area contributed by atoms with Gasteiger partial charge >= 0.3 is 0 Å². The molecule has 0 atom stereocenters. The van der Waals surface area contributed by atoms with E-state index in [9.17, 15) is 5.41 Å². The molecule has 63 heavy (non-hydrogen) atoms. The summed E-state index contributed by atoms with van der Waals surface area (Å²) >= 11 is 0. The van der Waals surface area contributed by atoms with Crippen molar-refractivity contribution in [3.8, 4) is 55.6 Å². The molecule has 0 amide bonds. The maximum Gasteiger partial charge on any atom is 0.0719 e. The van der Waals surface area contributed by atoms with Gasteiger partial charge in [0.2, 0.25) is 0 Å². The minimum absolute atomic E-state index is 0.189. The first-order chi connectivity index (χ1) is 30.8. The predicted octanol–water partition coefficient (Wildman–Crippen LogP) is 15.8. The Morgan fingerprint density at radius 2 is 0.810 bits per heavy atom. The Bertz CT molecular complexity index is 3140. The molecular weight excluding hydrogens is 759 g/mol. The number of benzene rings is 9. The Balaban J connectivity index is 1.08. The Kier molecular flexibility index (Phi) is 9.17. The summed E-state index contributed by atoms with van der Waals surface area (Å²) in [5, 5.41) is 9.76. The molecule has 0 radical (unpaired) electrons. The van der Waals surface area contributed by atoms with Crippen LogP contribution in [0.25, 0.3) is 61.2 Å². The zero-order valence-corrected chi connectivity index (χ0v) is 35.9. The molecule has 0 saturated carbocycles. The smallest absolute Gasteiger partial charge is 0.0719 e. The van der Waals surface area contributed by atoms with Crippen molar-refractivity contribution >= 4 is 11.3 Å². The predicted molar refractivity (Wildman–Crippen MR) is 265 cm³/mol.